The van der Waals surface area contributed by atoms with Gasteiger partial charge in [-0.15, -0.1) is 0 Å². The van der Waals surface area contributed by atoms with Gasteiger partial charge >= 0.3 is 0 Å². The Morgan fingerprint density at radius 2 is 1.65 bits per heavy atom. The number of fused-ring (bicyclic) bond motifs is 1. The van der Waals surface area contributed by atoms with Crippen LogP contribution in [-0.2, 0) is 20.8 Å². The van der Waals surface area contributed by atoms with Crippen LogP contribution in [0, 0.1) is 0 Å². The van der Waals surface area contributed by atoms with Gasteiger partial charge in [-0.1, -0.05) is 60.7 Å². The van der Waals surface area contributed by atoms with Crippen molar-refractivity contribution in [2.24, 2.45) is 0 Å². The van der Waals surface area contributed by atoms with E-state index in [1.807, 2.05) is 36.4 Å². The Labute approximate surface area is 251 Å². The van der Waals surface area contributed by atoms with E-state index >= 15 is 0 Å². The minimum atomic E-state index is -1.18. The molecule has 4 aromatic rings. The second-order valence-electron chi connectivity index (χ2n) is 11.4. The predicted octanol–water partition coefficient (Wildman–Crippen LogP) is 2.95. The minimum Gasteiger partial charge on any atom is -0.387 e. The summed E-state index contributed by atoms with van der Waals surface area (Å²) in [6.07, 6.45) is -0.207. The highest BCUT2D eigenvalue weighted by molar-refractivity contribution is 5.83. The summed E-state index contributed by atoms with van der Waals surface area (Å²) in [6.45, 7) is 2.95. The molecule has 11 nitrogen and oxygen atoms in total. The number of nitrogens with one attached hydrogen (secondary N) is 1. The molecular formula is C32H40N6O5. The molecule has 0 aliphatic carbocycles. The van der Waals surface area contributed by atoms with Gasteiger partial charge in [0.2, 0.25) is 0 Å². The van der Waals surface area contributed by atoms with Crippen molar-refractivity contribution in [2.45, 2.75) is 56.0 Å². The zero-order chi connectivity index (χ0) is 29.8. The van der Waals surface area contributed by atoms with E-state index in [2.05, 4.69) is 46.5 Å². The molecule has 11 heteroatoms. The third kappa shape index (κ3) is 6.57. The fourth-order valence-electron chi connectivity index (χ4n) is 5.94. The number of aliphatic hydroxyl groups is 2. The van der Waals surface area contributed by atoms with Crippen LogP contribution in [0.3, 0.4) is 0 Å². The van der Waals surface area contributed by atoms with Gasteiger partial charge < -0.3 is 34.6 Å². The lowest BCUT2D eigenvalue weighted by atomic mass is 9.91. The van der Waals surface area contributed by atoms with Crippen molar-refractivity contribution in [2.75, 3.05) is 45.7 Å². The fourth-order valence-corrected chi connectivity index (χ4v) is 5.94. The summed E-state index contributed by atoms with van der Waals surface area (Å²) in [5.74, 6) is 1.15. The van der Waals surface area contributed by atoms with Crippen molar-refractivity contribution in [1.29, 1.82) is 0 Å². The zero-order valence-corrected chi connectivity index (χ0v) is 24.6. The minimum absolute atomic E-state index is 0.0679. The number of aromatic nitrogens is 4. The van der Waals surface area contributed by atoms with Gasteiger partial charge in [0.25, 0.3) is 0 Å². The van der Waals surface area contributed by atoms with Crippen LogP contribution in [0.15, 0.2) is 67.0 Å². The molecule has 0 amide bonds. The molecule has 2 saturated heterocycles. The summed E-state index contributed by atoms with van der Waals surface area (Å²) in [5, 5.41) is 25.0. The first-order valence-electron chi connectivity index (χ1n) is 14.9. The first kappa shape index (κ1) is 29.6. The topological polar surface area (TPSA) is 127 Å². The highest BCUT2D eigenvalue weighted by atomic mass is 16.6. The van der Waals surface area contributed by atoms with E-state index in [-0.39, 0.29) is 25.2 Å². The summed E-state index contributed by atoms with van der Waals surface area (Å²) >= 11 is 0. The molecule has 0 spiro atoms. The van der Waals surface area contributed by atoms with Crippen molar-refractivity contribution in [3.8, 4) is 0 Å². The average molecular weight is 589 g/mol. The van der Waals surface area contributed by atoms with E-state index in [0.29, 0.717) is 29.4 Å². The van der Waals surface area contributed by atoms with Crippen LogP contribution in [0.4, 0.5) is 5.82 Å². The summed E-state index contributed by atoms with van der Waals surface area (Å²) in [7, 11) is 3.65. The normalized spacial score (nSPS) is 23.4. The second kappa shape index (κ2) is 13.5. The highest BCUT2D eigenvalue weighted by Crippen LogP contribution is 2.33. The molecule has 228 valence electrons. The molecule has 0 saturated carbocycles. The maximum atomic E-state index is 10.9. The lowest BCUT2D eigenvalue weighted by molar-refractivity contribution is -0.0580. The Bertz CT molecular complexity index is 1420. The molecule has 43 heavy (non-hydrogen) atoms. The Kier molecular flexibility index (Phi) is 9.27. The van der Waals surface area contributed by atoms with E-state index in [4.69, 9.17) is 24.2 Å². The number of piperidine rings is 1. The van der Waals surface area contributed by atoms with Gasteiger partial charge in [-0.05, 0) is 31.0 Å². The monoisotopic (exact) mass is 588 g/mol. The maximum absolute atomic E-state index is 10.9. The van der Waals surface area contributed by atoms with Crippen LogP contribution in [0.25, 0.3) is 11.2 Å². The van der Waals surface area contributed by atoms with Gasteiger partial charge in [0.15, 0.2) is 29.0 Å². The van der Waals surface area contributed by atoms with Gasteiger partial charge in [-0.3, -0.25) is 4.57 Å². The fraction of sp³-hybridized carbons (Fsp3) is 0.469. The number of aliphatic hydroxyl groups excluding tert-OH is 2. The predicted molar refractivity (Wildman–Crippen MR) is 162 cm³/mol. The Hall–Kier alpha value is -3.45. The molecule has 4 heterocycles. The van der Waals surface area contributed by atoms with Crippen molar-refractivity contribution >= 4 is 17.0 Å². The van der Waals surface area contributed by atoms with Crippen LogP contribution in [0.5, 0.6) is 0 Å². The largest absolute Gasteiger partial charge is 0.387 e. The summed E-state index contributed by atoms with van der Waals surface area (Å²) in [6, 6.07) is 20.7. The molecule has 2 aromatic carbocycles. The number of anilines is 1. The molecule has 4 atom stereocenters. The Balaban J connectivity index is 1.32. The van der Waals surface area contributed by atoms with Gasteiger partial charge in [0.05, 0.1) is 19.0 Å². The third-order valence-corrected chi connectivity index (χ3v) is 8.40. The smallest absolute Gasteiger partial charge is 0.168 e. The molecule has 6 rings (SSSR count). The number of benzene rings is 2. The number of rotatable bonds is 11. The number of likely N-dealkylation sites (tertiary alicyclic amines) is 1. The molecule has 2 aliphatic rings. The number of nitrogens with zero attached hydrogens (tertiary/aromatic N) is 5. The van der Waals surface area contributed by atoms with Crippen molar-refractivity contribution in [3.63, 3.8) is 0 Å². The van der Waals surface area contributed by atoms with E-state index in [9.17, 15) is 10.2 Å². The molecule has 2 aromatic heterocycles. The van der Waals surface area contributed by atoms with E-state index in [1.54, 1.807) is 10.9 Å². The van der Waals surface area contributed by atoms with Crippen molar-refractivity contribution in [1.82, 2.24) is 24.4 Å². The summed E-state index contributed by atoms with van der Waals surface area (Å²) < 4.78 is 19.1. The maximum Gasteiger partial charge on any atom is 0.168 e. The molecule has 2 fully saturated rings. The highest BCUT2D eigenvalue weighted by Gasteiger charge is 2.44. The SMILES string of the molecule is COCC1OC(n2cnc3c(NCC(c4ccccc4)c4ccccc4)nc(COC4CCN(C)CC4)nc32)C(O)C1O. The van der Waals surface area contributed by atoms with Crippen molar-refractivity contribution in [3.05, 3.63) is 83.9 Å². The van der Waals surface area contributed by atoms with Crippen molar-refractivity contribution < 1.29 is 24.4 Å². The lowest BCUT2D eigenvalue weighted by Gasteiger charge is -2.28. The average Bonchev–Trinajstić information content (AvgIpc) is 3.58. The number of ether oxygens (including phenoxy) is 3. The van der Waals surface area contributed by atoms with E-state index < -0.39 is 24.5 Å². The van der Waals surface area contributed by atoms with Crippen LogP contribution >= 0.6 is 0 Å². The van der Waals surface area contributed by atoms with E-state index in [1.165, 1.54) is 18.2 Å². The molecule has 0 radical (unpaired) electrons. The van der Waals surface area contributed by atoms with Crippen LogP contribution < -0.4 is 5.32 Å². The summed E-state index contributed by atoms with van der Waals surface area (Å²) in [5.41, 5.74) is 3.40. The molecule has 3 N–H and O–H groups in total. The van der Waals surface area contributed by atoms with Crippen LogP contribution in [-0.4, -0.2) is 99.4 Å². The Morgan fingerprint density at radius 1 is 0.977 bits per heavy atom. The Morgan fingerprint density at radius 3 is 2.30 bits per heavy atom. The number of imidazole rings is 1. The van der Waals surface area contributed by atoms with Crippen LogP contribution in [0.1, 0.15) is 41.9 Å². The van der Waals surface area contributed by atoms with Gasteiger partial charge in [-0.25, -0.2) is 15.0 Å². The van der Waals surface area contributed by atoms with Gasteiger partial charge in [-0.2, -0.15) is 0 Å². The standard InChI is InChI=1S/C32H40N6O5/c1-37-15-13-23(14-16-37)42-19-26-35-30(33-17-24(21-9-5-3-6-10-21)22-11-7-4-8-12-22)27-31(36-26)38(20-34-27)32-29(40)28(39)25(43-32)18-41-2/h3-12,20,23-25,28-29,32,39-40H,13-19H2,1-2H3,(H,33,35,36). The zero-order valence-electron chi connectivity index (χ0n) is 24.6. The number of methoxy groups -OCH3 is 1. The third-order valence-electron chi connectivity index (χ3n) is 8.40. The molecule has 4 unspecified atom stereocenters. The number of hydrogen-bond donors (Lipinski definition) is 3. The van der Waals surface area contributed by atoms with E-state index in [0.717, 1.165) is 25.9 Å². The second-order valence-corrected chi connectivity index (χ2v) is 11.4. The molecule has 2 aliphatic heterocycles. The lowest BCUT2D eigenvalue weighted by Crippen LogP contribution is -2.34. The quantitative estimate of drug-likeness (QED) is 0.241. The molecule has 0 bridgehead atoms. The van der Waals surface area contributed by atoms with Gasteiger partial charge in [0.1, 0.15) is 24.9 Å². The first-order chi connectivity index (χ1) is 21.0. The molecular weight excluding hydrogens is 548 g/mol. The first-order valence-corrected chi connectivity index (χ1v) is 14.9. The summed E-state index contributed by atoms with van der Waals surface area (Å²) in [4.78, 5) is 16.6. The van der Waals surface area contributed by atoms with Gasteiger partial charge in [0, 0.05) is 32.7 Å². The van der Waals surface area contributed by atoms with Crippen LogP contribution in [0.2, 0.25) is 0 Å². The number of hydrogen-bond acceptors (Lipinski definition) is 10.